The normalized spacial score (nSPS) is 23.8. The summed E-state index contributed by atoms with van der Waals surface area (Å²) in [5.41, 5.74) is 2.63. The van der Waals surface area contributed by atoms with Crippen LogP contribution in [0.2, 0.25) is 0 Å². The summed E-state index contributed by atoms with van der Waals surface area (Å²) < 4.78 is 11.5. The Morgan fingerprint density at radius 2 is 1.84 bits per heavy atom. The number of carbonyl (C=O) groups is 1. The second-order valence-corrected chi connectivity index (χ2v) is 8.97. The SMILES string of the molecule is Cc1ccc(N2CCOc3c(C(=O)N[C@H]4CC[C@H](N5CCOCC5)CC4)cccc32)nc1. The van der Waals surface area contributed by atoms with E-state index < -0.39 is 0 Å². The Balaban J connectivity index is 1.26. The summed E-state index contributed by atoms with van der Waals surface area (Å²) in [6, 6.07) is 10.7. The number of para-hydroxylation sites is 1. The van der Waals surface area contributed by atoms with Crippen molar-refractivity contribution in [2.45, 2.75) is 44.7 Å². The van der Waals surface area contributed by atoms with Crippen LogP contribution in [-0.4, -0.2) is 67.3 Å². The van der Waals surface area contributed by atoms with Crippen LogP contribution in [0, 0.1) is 6.92 Å². The predicted molar refractivity (Wildman–Crippen MR) is 124 cm³/mol. The van der Waals surface area contributed by atoms with Gasteiger partial charge in [0, 0.05) is 31.4 Å². The standard InChI is InChI=1S/C25H32N4O3/c1-18-5-10-23(26-17-18)29-13-16-32-24-21(3-2-4-22(24)29)25(30)27-19-6-8-20(9-7-19)28-11-14-31-15-12-28/h2-5,10,17,19-20H,6-9,11-16H2,1H3,(H,27,30)/t19-,20-. The minimum Gasteiger partial charge on any atom is -0.489 e. The highest BCUT2D eigenvalue weighted by atomic mass is 16.5. The number of fused-ring (bicyclic) bond motifs is 1. The number of hydrogen-bond donors (Lipinski definition) is 1. The molecule has 1 aromatic heterocycles. The first-order chi connectivity index (χ1) is 15.7. The quantitative estimate of drug-likeness (QED) is 0.793. The van der Waals surface area contributed by atoms with E-state index in [1.807, 2.05) is 37.4 Å². The van der Waals surface area contributed by atoms with Crippen molar-refractivity contribution in [1.29, 1.82) is 0 Å². The lowest BCUT2D eigenvalue weighted by molar-refractivity contribution is 0.00664. The number of amides is 1. The molecule has 3 heterocycles. The van der Waals surface area contributed by atoms with E-state index in [0.29, 0.717) is 30.5 Å². The molecule has 1 saturated carbocycles. The highest BCUT2D eigenvalue weighted by molar-refractivity contribution is 5.99. The Bertz CT molecular complexity index is 935. The molecule has 0 unspecified atom stereocenters. The fourth-order valence-corrected chi connectivity index (χ4v) is 5.08. The smallest absolute Gasteiger partial charge is 0.255 e. The minimum atomic E-state index is -0.0459. The molecular formula is C25H32N4O3. The van der Waals surface area contributed by atoms with Crippen LogP contribution in [-0.2, 0) is 4.74 Å². The number of benzene rings is 1. The van der Waals surface area contributed by atoms with Gasteiger partial charge in [0.2, 0.25) is 0 Å². The van der Waals surface area contributed by atoms with Gasteiger partial charge in [0.1, 0.15) is 12.4 Å². The van der Waals surface area contributed by atoms with E-state index in [4.69, 9.17) is 9.47 Å². The minimum absolute atomic E-state index is 0.0459. The van der Waals surface area contributed by atoms with Crippen molar-refractivity contribution in [3.05, 3.63) is 47.7 Å². The fourth-order valence-electron chi connectivity index (χ4n) is 5.08. The Kier molecular flexibility index (Phi) is 6.28. The summed E-state index contributed by atoms with van der Waals surface area (Å²) >= 11 is 0. The first-order valence-corrected chi connectivity index (χ1v) is 11.8. The van der Waals surface area contributed by atoms with Gasteiger partial charge in [0.05, 0.1) is 31.0 Å². The van der Waals surface area contributed by atoms with Gasteiger partial charge < -0.3 is 19.7 Å². The molecule has 1 amide bonds. The molecule has 5 rings (SSSR count). The maximum atomic E-state index is 13.2. The highest BCUT2D eigenvalue weighted by Crippen LogP contribution is 2.38. The zero-order chi connectivity index (χ0) is 21.9. The van der Waals surface area contributed by atoms with E-state index in [1.54, 1.807) is 0 Å². The van der Waals surface area contributed by atoms with Gasteiger partial charge in [0.25, 0.3) is 5.91 Å². The molecule has 0 radical (unpaired) electrons. The van der Waals surface area contributed by atoms with E-state index in [1.165, 1.54) is 0 Å². The van der Waals surface area contributed by atoms with Gasteiger partial charge >= 0.3 is 0 Å². The number of pyridine rings is 1. The van der Waals surface area contributed by atoms with Gasteiger partial charge in [0.15, 0.2) is 5.75 Å². The van der Waals surface area contributed by atoms with Crippen LogP contribution < -0.4 is 15.0 Å². The van der Waals surface area contributed by atoms with Gasteiger partial charge in [-0.2, -0.15) is 0 Å². The molecule has 0 spiro atoms. The number of aromatic nitrogens is 1. The van der Waals surface area contributed by atoms with E-state index >= 15 is 0 Å². The van der Waals surface area contributed by atoms with E-state index in [-0.39, 0.29) is 11.9 Å². The molecule has 0 atom stereocenters. The van der Waals surface area contributed by atoms with Crippen LogP contribution in [0.4, 0.5) is 11.5 Å². The number of nitrogens with one attached hydrogen (secondary N) is 1. The van der Waals surface area contributed by atoms with E-state index in [0.717, 1.165) is 69.1 Å². The average molecular weight is 437 g/mol. The van der Waals surface area contributed by atoms with Crippen LogP contribution in [0.1, 0.15) is 41.6 Å². The fraction of sp³-hybridized carbons (Fsp3) is 0.520. The molecule has 2 aliphatic heterocycles. The number of nitrogens with zero attached hydrogens (tertiary/aromatic N) is 3. The molecule has 170 valence electrons. The third kappa shape index (κ3) is 4.45. The van der Waals surface area contributed by atoms with Gasteiger partial charge in [-0.05, 0) is 56.4 Å². The molecule has 2 fully saturated rings. The molecule has 1 saturated heterocycles. The maximum absolute atomic E-state index is 13.2. The van der Waals surface area contributed by atoms with Crippen molar-refractivity contribution in [1.82, 2.24) is 15.2 Å². The van der Waals surface area contributed by atoms with Gasteiger partial charge in [-0.1, -0.05) is 12.1 Å². The lowest BCUT2D eigenvalue weighted by Gasteiger charge is -2.39. The molecule has 0 bridgehead atoms. The van der Waals surface area contributed by atoms with Crippen molar-refractivity contribution in [3.63, 3.8) is 0 Å². The Morgan fingerprint density at radius 1 is 1.03 bits per heavy atom. The van der Waals surface area contributed by atoms with Crippen LogP contribution in [0.15, 0.2) is 36.5 Å². The summed E-state index contributed by atoms with van der Waals surface area (Å²) in [6.07, 6.45) is 6.16. The number of aryl methyl sites for hydroxylation is 1. The van der Waals surface area contributed by atoms with Crippen molar-refractivity contribution >= 4 is 17.4 Å². The Morgan fingerprint density at radius 3 is 2.59 bits per heavy atom. The van der Waals surface area contributed by atoms with Gasteiger partial charge in [-0.25, -0.2) is 4.98 Å². The molecular weight excluding hydrogens is 404 g/mol. The second kappa shape index (κ2) is 9.46. The Labute approximate surface area is 189 Å². The largest absolute Gasteiger partial charge is 0.489 e. The monoisotopic (exact) mass is 436 g/mol. The number of rotatable bonds is 4. The lowest BCUT2D eigenvalue weighted by Crippen LogP contribution is -2.47. The van der Waals surface area contributed by atoms with Crippen LogP contribution in [0.25, 0.3) is 0 Å². The number of anilines is 2. The Hall–Kier alpha value is -2.64. The molecule has 7 nitrogen and oxygen atoms in total. The first-order valence-electron chi connectivity index (χ1n) is 11.8. The van der Waals surface area contributed by atoms with Crippen molar-refractivity contribution < 1.29 is 14.3 Å². The molecule has 1 aliphatic carbocycles. The molecule has 3 aliphatic rings. The van der Waals surface area contributed by atoms with Crippen LogP contribution in [0.5, 0.6) is 5.75 Å². The van der Waals surface area contributed by atoms with Crippen molar-refractivity contribution in [2.75, 3.05) is 44.4 Å². The maximum Gasteiger partial charge on any atom is 0.255 e. The summed E-state index contributed by atoms with van der Waals surface area (Å²) in [4.78, 5) is 22.5. The molecule has 7 heteroatoms. The summed E-state index contributed by atoms with van der Waals surface area (Å²) in [6.45, 7) is 7.00. The van der Waals surface area contributed by atoms with Crippen LogP contribution in [0.3, 0.4) is 0 Å². The number of carbonyl (C=O) groups excluding carboxylic acids is 1. The number of morpholine rings is 1. The number of hydrogen-bond acceptors (Lipinski definition) is 6. The second-order valence-electron chi connectivity index (χ2n) is 8.97. The lowest BCUT2D eigenvalue weighted by atomic mass is 9.89. The van der Waals surface area contributed by atoms with E-state index in [2.05, 4.69) is 26.2 Å². The van der Waals surface area contributed by atoms with Crippen LogP contribution >= 0.6 is 0 Å². The van der Waals surface area contributed by atoms with Gasteiger partial charge in [-0.3, -0.25) is 9.69 Å². The van der Waals surface area contributed by atoms with Crippen molar-refractivity contribution in [2.24, 2.45) is 0 Å². The molecule has 1 aromatic carbocycles. The third-order valence-corrected chi connectivity index (χ3v) is 6.86. The zero-order valence-electron chi connectivity index (χ0n) is 18.8. The third-order valence-electron chi connectivity index (χ3n) is 6.86. The summed E-state index contributed by atoms with van der Waals surface area (Å²) in [7, 11) is 0. The average Bonchev–Trinajstić information content (AvgIpc) is 2.85. The highest BCUT2D eigenvalue weighted by Gasteiger charge is 2.30. The number of ether oxygens (including phenoxy) is 2. The van der Waals surface area contributed by atoms with E-state index in [9.17, 15) is 4.79 Å². The topological polar surface area (TPSA) is 66.9 Å². The molecule has 2 aromatic rings. The zero-order valence-corrected chi connectivity index (χ0v) is 18.8. The summed E-state index contributed by atoms with van der Waals surface area (Å²) in [5.74, 6) is 1.48. The summed E-state index contributed by atoms with van der Waals surface area (Å²) in [5, 5.41) is 3.27. The molecule has 32 heavy (non-hydrogen) atoms. The first kappa shape index (κ1) is 21.2. The molecule has 1 N–H and O–H groups in total. The predicted octanol–water partition coefficient (Wildman–Crippen LogP) is 3.29. The van der Waals surface area contributed by atoms with Crippen molar-refractivity contribution in [3.8, 4) is 5.75 Å². The van der Waals surface area contributed by atoms with Gasteiger partial charge in [-0.15, -0.1) is 0 Å².